The molecule has 5 aromatic rings. The van der Waals surface area contributed by atoms with E-state index in [1.54, 1.807) is 0 Å². The minimum atomic E-state index is -0.746. The maximum absolute atomic E-state index is 16.6. The fraction of sp³-hybridized carbons (Fsp3) is 0.257. The Morgan fingerprint density at radius 3 is 2.24 bits per heavy atom. The molecule has 8 rings (SSSR count). The van der Waals surface area contributed by atoms with Crippen LogP contribution >= 0.6 is 0 Å². The molecule has 0 amide bonds. The van der Waals surface area contributed by atoms with E-state index in [1.165, 1.54) is 25.1 Å². The molecule has 210 valence electrons. The van der Waals surface area contributed by atoms with Gasteiger partial charge in [0.1, 0.15) is 11.6 Å². The van der Waals surface area contributed by atoms with Crippen molar-refractivity contribution in [2.24, 2.45) is 17.8 Å². The smallest absolute Gasteiger partial charge is 0.223 e. The van der Waals surface area contributed by atoms with E-state index in [0.717, 1.165) is 30.0 Å². The Hall–Kier alpha value is -4.57. The molecule has 4 nitrogen and oxygen atoms in total. The lowest BCUT2D eigenvalue weighted by molar-refractivity contribution is 0.0926. The Labute approximate surface area is 242 Å². The number of benzene rings is 3. The Balaban J connectivity index is 1.42. The van der Waals surface area contributed by atoms with Gasteiger partial charge in [-0.15, -0.1) is 0 Å². The van der Waals surface area contributed by atoms with E-state index < -0.39 is 17.5 Å². The third kappa shape index (κ3) is 4.34. The first-order valence-corrected chi connectivity index (χ1v) is 14.4. The number of H-pyrrole nitrogens is 1. The summed E-state index contributed by atoms with van der Waals surface area (Å²) in [5.41, 5.74) is 3.27. The molecule has 0 spiro atoms. The second-order valence-electron chi connectivity index (χ2n) is 11.6. The Bertz CT molecular complexity index is 1830. The summed E-state index contributed by atoms with van der Waals surface area (Å²) in [6, 6.07) is 19.4. The van der Waals surface area contributed by atoms with E-state index in [1.807, 2.05) is 54.6 Å². The molecule has 2 atom stereocenters. The number of pyridine rings is 1. The first kappa shape index (κ1) is 26.3. The summed E-state index contributed by atoms with van der Waals surface area (Å²) < 4.78 is 45.6. The second kappa shape index (κ2) is 10.4. The molecular weight excluding hydrogens is 533 g/mol. The highest BCUT2D eigenvalue weighted by Crippen LogP contribution is 2.48. The van der Waals surface area contributed by atoms with Crippen molar-refractivity contribution in [1.29, 1.82) is 0 Å². The van der Waals surface area contributed by atoms with Crippen LogP contribution in [0.4, 0.5) is 24.7 Å². The molecule has 42 heavy (non-hydrogen) atoms. The number of fused-ring (bicyclic) bond motifs is 4. The summed E-state index contributed by atoms with van der Waals surface area (Å²) in [7, 11) is 0. The largest absolute Gasteiger partial charge is 0.364 e. The third-order valence-corrected chi connectivity index (χ3v) is 9.40. The van der Waals surface area contributed by atoms with Gasteiger partial charge in [0.15, 0.2) is 11.6 Å². The number of hydrogen-bond donors (Lipinski definition) is 2. The summed E-state index contributed by atoms with van der Waals surface area (Å²) >= 11 is 0. The molecule has 2 bridgehead atoms. The number of anilines is 1. The number of halogens is 3. The van der Waals surface area contributed by atoms with Gasteiger partial charge in [-0.25, -0.2) is 23.0 Å². The van der Waals surface area contributed by atoms with Crippen molar-refractivity contribution in [3.63, 3.8) is 0 Å². The zero-order valence-corrected chi connectivity index (χ0v) is 23.1. The average Bonchev–Trinajstić information content (AvgIpc) is 3.44. The number of rotatable bonds is 5. The lowest BCUT2D eigenvalue weighted by atomic mass is 9.62. The first-order chi connectivity index (χ1) is 20.4. The molecule has 7 heteroatoms. The summed E-state index contributed by atoms with van der Waals surface area (Å²) in [5, 5.41) is 3.70. The van der Waals surface area contributed by atoms with Crippen LogP contribution < -0.4 is 5.32 Å². The van der Waals surface area contributed by atoms with Gasteiger partial charge in [0.2, 0.25) is 5.69 Å². The van der Waals surface area contributed by atoms with Crippen LogP contribution in [0.25, 0.3) is 49.3 Å². The van der Waals surface area contributed by atoms with Crippen LogP contribution in [-0.4, -0.2) is 16.0 Å². The van der Waals surface area contributed by atoms with Crippen molar-refractivity contribution in [2.45, 2.75) is 38.6 Å². The fourth-order valence-corrected chi connectivity index (χ4v) is 7.18. The first-order valence-electron chi connectivity index (χ1n) is 14.4. The predicted molar refractivity (Wildman–Crippen MR) is 161 cm³/mol. The Morgan fingerprint density at radius 1 is 0.881 bits per heavy atom. The van der Waals surface area contributed by atoms with Gasteiger partial charge < -0.3 is 10.3 Å². The van der Waals surface area contributed by atoms with Crippen LogP contribution in [0.2, 0.25) is 0 Å². The molecule has 3 fully saturated rings. The summed E-state index contributed by atoms with van der Waals surface area (Å²) in [5.74, 6) is -0.660. The normalized spacial score (nSPS) is 21.4. The topological polar surface area (TPSA) is 45.1 Å². The number of hydrogen-bond acceptors (Lipinski definition) is 2. The minimum Gasteiger partial charge on any atom is -0.364 e. The number of nitrogens with one attached hydrogen (secondary N) is 2. The SMILES string of the molecule is [C-]#[N+]c1c(-c2c[nH]c3c(F)cc(F)cc23)nc(N[C@@H]2C3CCC(CC3)[C@H]2C)c(F)c1-c1ccc(-c2ccccc2)cc1. The van der Waals surface area contributed by atoms with Crippen LogP contribution in [-0.2, 0) is 0 Å². The number of aromatic amines is 1. The predicted octanol–water partition coefficient (Wildman–Crippen LogP) is 9.77. The van der Waals surface area contributed by atoms with Gasteiger partial charge in [-0.3, -0.25) is 0 Å². The van der Waals surface area contributed by atoms with Crippen LogP contribution in [0, 0.1) is 41.8 Å². The van der Waals surface area contributed by atoms with Gasteiger partial charge >= 0.3 is 0 Å². The number of nitrogens with zero attached hydrogens (tertiary/aromatic N) is 2. The summed E-state index contributed by atoms with van der Waals surface area (Å²) in [4.78, 5) is 11.3. The average molecular weight is 563 g/mol. The fourth-order valence-electron chi connectivity index (χ4n) is 7.18. The molecule has 3 aliphatic rings. The van der Waals surface area contributed by atoms with Gasteiger partial charge in [-0.2, -0.15) is 0 Å². The van der Waals surface area contributed by atoms with E-state index in [9.17, 15) is 8.78 Å². The highest BCUT2D eigenvalue weighted by atomic mass is 19.1. The molecule has 0 radical (unpaired) electrons. The van der Waals surface area contributed by atoms with Crippen LogP contribution in [0.15, 0.2) is 72.9 Å². The zero-order valence-electron chi connectivity index (χ0n) is 23.1. The van der Waals surface area contributed by atoms with E-state index >= 15 is 4.39 Å². The standard InChI is InChI=1S/C35H29F3N4/c1-19-20-8-14-24(15-9-20)31(19)41-35-30(38)29(23-12-10-22(11-13-23)21-6-4-3-5-7-21)34(39-2)33(42-35)27-18-40-32-26(27)16-25(36)17-28(32)37/h3-7,10-13,16-20,24,31,40H,8-9,14-15H2,1H3,(H,41,42)/t19-,20?,24?,31+/m1/s1. The van der Waals surface area contributed by atoms with Gasteiger partial charge in [0.25, 0.3) is 0 Å². The molecule has 2 N–H and O–H groups in total. The van der Waals surface area contributed by atoms with Crippen molar-refractivity contribution in [3.05, 3.63) is 102 Å². The molecule has 3 aromatic carbocycles. The van der Waals surface area contributed by atoms with Gasteiger partial charge in [-0.05, 0) is 66.2 Å². The van der Waals surface area contributed by atoms with E-state index in [-0.39, 0.29) is 39.7 Å². The second-order valence-corrected chi connectivity index (χ2v) is 11.6. The molecule has 2 aromatic heterocycles. The maximum atomic E-state index is 16.6. The van der Waals surface area contributed by atoms with Gasteiger partial charge in [0, 0.05) is 34.8 Å². The van der Waals surface area contributed by atoms with Gasteiger partial charge in [-0.1, -0.05) is 61.5 Å². The Kier molecular flexibility index (Phi) is 6.50. The van der Waals surface area contributed by atoms with E-state index in [4.69, 9.17) is 11.6 Å². The van der Waals surface area contributed by atoms with Crippen molar-refractivity contribution >= 4 is 22.4 Å². The summed E-state index contributed by atoms with van der Waals surface area (Å²) in [6.45, 7) is 10.3. The quantitative estimate of drug-likeness (QED) is 0.210. The molecule has 2 heterocycles. The van der Waals surface area contributed by atoms with Crippen LogP contribution in [0.5, 0.6) is 0 Å². The third-order valence-electron chi connectivity index (χ3n) is 9.40. The minimum absolute atomic E-state index is 0.00528. The van der Waals surface area contributed by atoms with Crippen molar-refractivity contribution in [3.8, 4) is 33.5 Å². The molecule has 0 aliphatic heterocycles. The van der Waals surface area contributed by atoms with Crippen molar-refractivity contribution in [2.75, 3.05) is 5.32 Å². The monoisotopic (exact) mass is 562 g/mol. The lowest BCUT2D eigenvalue weighted by Crippen LogP contribution is -2.47. The zero-order chi connectivity index (χ0) is 29.0. The molecule has 3 aliphatic carbocycles. The number of aromatic nitrogens is 2. The highest BCUT2D eigenvalue weighted by Gasteiger charge is 2.42. The molecular formula is C35H29F3N4. The van der Waals surface area contributed by atoms with Gasteiger partial charge in [0.05, 0.1) is 17.8 Å². The van der Waals surface area contributed by atoms with Crippen LogP contribution in [0.1, 0.15) is 32.6 Å². The van der Waals surface area contributed by atoms with Crippen LogP contribution in [0.3, 0.4) is 0 Å². The molecule has 3 saturated carbocycles. The highest BCUT2D eigenvalue weighted by molar-refractivity contribution is 6.01. The van der Waals surface area contributed by atoms with Crippen molar-refractivity contribution < 1.29 is 13.2 Å². The Morgan fingerprint density at radius 2 is 1.55 bits per heavy atom. The summed E-state index contributed by atoms with van der Waals surface area (Å²) in [6.07, 6.45) is 6.08. The molecule has 0 saturated heterocycles. The van der Waals surface area contributed by atoms with E-state index in [2.05, 4.69) is 22.1 Å². The maximum Gasteiger partial charge on any atom is 0.223 e. The van der Waals surface area contributed by atoms with E-state index in [0.29, 0.717) is 28.9 Å². The molecule has 0 unspecified atom stereocenters. The van der Waals surface area contributed by atoms with Crippen molar-refractivity contribution in [1.82, 2.24) is 9.97 Å². The lowest BCUT2D eigenvalue weighted by Gasteiger charge is -2.47.